The number of nitrogens with one attached hydrogen (secondary N) is 1. The van der Waals surface area contributed by atoms with Crippen molar-refractivity contribution in [3.8, 4) is 22.6 Å². The molecule has 0 unspecified atom stereocenters. The zero-order valence-electron chi connectivity index (χ0n) is 14.6. The highest BCUT2D eigenvalue weighted by Gasteiger charge is 2.14. The molecule has 0 aliphatic heterocycles. The van der Waals surface area contributed by atoms with E-state index in [1.165, 1.54) is 0 Å². The molecular weight excluding hydrogens is 362 g/mol. The monoisotopic (exact) mass is 377 g/mol. The molecule has 0 spiro atoms. The van der Waals surface area contributed by atoms with E-state index in [9.17, 15) is 4.79 Å². The third-order valence-electron chi connectivity index (χ3n) is 4.09. The highest BCUT2D eigenvalue weighted by Crippen LogP contribution is 2.29. The SMILES string of the molecule is Cc1ccc(-c2ncco2)cc1-c1ccc(NC(=O)c2snnc2C)nc1. The minimum Gasteiger partial charge on any atom is -0.445 e. The van der Waals surface area contributed by atoms with Crippen LogP contribution in [0.4, 0.5) is 5.82 Å². The van der Waals surface area contributed by atoms with E-state index in [4.69, 9.17) is 4.42 Å². The molecule has 1 aromatic carbocycles. The first-order valence-corrected chi connectivity index (χ1v) is 8.96. The first-order chi connectivity index (χ1) is 13.1. The van der Waals surface area contributed by atoms with E-state index in [1.54, 1.807) is 31.6 Å². The summed E-state index contributed by atoms with van der Waals surface area (Å²) in [4.78, 5) is 21.3. The average Bonchev–Trinajstić information content (AvgIpc) is 3.35. The molecule has 0 saturated heterocycles. The molecule has 27 heavy (non-hydrogen) atoms. The Morgan fingerprint density at radius 2 is 1.96 bits per heavy atom. The predicted octanol–water partition coefficient (Wildman–Crippen LogP) is 4.12. The fourth-order valence-corrected chi connectivity index (χ4v) is 3.22. The molecule has 8 heteroatoms. The molecular formula is C19H15N5O2S. The molecule has 0 bridgehead atoms. The summed E-state index contributed by atoms with van der Waals surface area (Å²) in [6.07, 6.45) is 4.90. The molecule has 1 N–H and O–H groups in total. The number of hydrogen-bond acceptors (Lipinski definition) is 7. The number of carbonyl (C=O) groups is 1. The van der Waals surface area contributed by atoms with E-state index < -0.39 is 0 Å². The van der Waals surface area contributed by atoms with E-state index >= 15 is 0 Å². The smallest absolute Gasteiger partial charge is 0.270 e. The number of amides is 1. The number of hydrogen-bond donors (Lipinski definition) is 1. The predicted molar refractivity (Wildman–Crippen MR) is 103 cm³/mol. The quantitative estimate of drug-likeness (QED) is 0.575. The van der Waals surface area contributed by atoms with Gasteiger partial charge in [-0.25, -0.2) is 9.97 Å². The lowest BCUT2D eigenvalue weighted by molar-refractivity contribution is 0.102. The van der Waals surface area contributed by atoms with Crippen LogP contribution in [0.3, 0.4) is 0 Å². The Balaban J connectivity index is 1.58. The van der Waals surface area contributed by atoms with E-state index in [2.05, 4.69) is 24.9 Å². The first kappa shape index (κ1) is 17.0. The fraction of sp³-hybridized carbons (Fsp3) is 0.105. The summed E-state index contributed by atoms with van der Waals surface area (Å²) in [7, 11) is 0. The van der Waals surface area contributed by atoms with Gasteiger partial charge in [0, 0.05) is 17.3 Å². The third-order valence-corrected chi connectivity index (χ3v) is 4.92. The van der Waals surface area contributed by atoms with Crippen molar-refractivity contribution >= 4 is 23.3 Å². The Morgan fingerprint density at radius 3 is 2.63 bits per heavy atom. The summed E-state index contributed by atoms with van der Waals surface area (Å²) < 4.78 is 9.15. The Morgan fingerprint density at radius 1 is 1.11 bits per heavy atom. The number of aryl methyl sites for hydroxylation is 2. The molecule has 4 aromatic rings. The second-order valence-electron chi connectivity index (χ2n) is 5.94. The molecule has 3 aromatic heterocycles. The summed E-state index contributed by atoms with van der Waals surface area (Å²) >= 11 is 1.06. The van der Waals surface area contributed by atoms with Gasteiger partial charge in [-0.15, -0.1) is 5.10 Å². The Kier molecular flexibility index (Phi) is 4.47. The van der Waals surface area contributed by atoms with Crippen LogP contribution in [0.2, 0.25) is 0 Å². The molecule has 134 valence electrons. The van der Waals surface area contributed by atoms with E-state index in [0.29, 0.717) is 22.3 Å². The molecule has 3 heterocycles. The maximum atomic E-state index is 12.2. The van der Waals surface area contributed by atoms with Gasteiger partial charge in [0.15, 0.2) is 0 Å². The lowest BCUT2D eigenvalue weighted by atomic mass is 9.99. The summed E-state index contributed by atoms with van der Waals surface area (Å²) in [6, 6.07) is 9.70. The van der Waals surface area contributed by atoms with Crippen molar-refractivity contribution in [3.63, 3.8) is 0 Å². The summed E-state index contributed by atoms with van der Waals surface area (Å²) in [5.74, 6) is 0.782. The minimum atomic E-state index is -0.259. The molecule has 7 nitrogen and oxygen atoms in total. The van der Waals surface area contributed by atoms with Crippen molar-refractivity contribution in [2.24, 2.45) is 0 Å². The summed E-state index contributed by atoms with van der Waals surface area (Å²) in [6.45, 7) is 3.78. The van der Waals surface area contributed by atoms with E-state index in [0.717, 1.165) is 33.8 Å². The van der Waals surface area contributed by atoms with Crippen molar-refractivity contribution in [1.29, 1.82) is 0 Å². The summed E-state index contributed by atoms with van der Waals surface area (Å²) in [5, 5.41) is 6.61. The van der Waals surface area contributed by atoms with Crippen LogP contribution < -0.4 is 5.32 Å². The molecule has 1 amide bonds. The number of rotatable bonds is 4. The zero-order chi connectivity index (χ0) is 18.8. The molecule has 0 saturated carbocycles. The van der Waals surface area contributed by atoms with E-state index in [1.807, 2.05) is 31.2 Å². The van der Waals surface area contributed by atoms with Crippen LogP contribution in [-0.2, 0) is 0 Å². The number of nitrogens with zero attached hydrogens (tertiary/aromatic N) is 4. The minimum absolute atomic E-state index is 0.259. The number of pyridine rings is 1. The van der Waals surface area contributed by atoms with Crippen LogP contribution in [0.25, 0.3) is 22.6 Å². The first-order valence-electron chi connectivity index (χ1n) is 8.19. The van der Waals surface area contributed by atoms with Gasteiger partial charge >= 0.3 is 0 Å². The second kappa shape index (κ2) is 7.08. The van der Waals surface area contributed by atoms with Crippen LogP contribution in [-0.4, -0.2) is 25.5 Å². The maximum absolute atomic E-state index is 12.2. The van der Waals surface area contributed by atoms with Crippen molar-refractivity contribution in [1.82, 2.24) is 19.6 Å². The average molecular weight is 377 g/mol. The molecule has 0 aliphatic rings. The van der Waals surface area contributed by atoms with Gasteiger partial charge in [0.1, 0.15) is 17.0 Å². The lowest BCUT2D eigenvalue weighted by Gasteiger charge is -2.09. The van der Waals surface area contributed by atoms with Crippen molar-refractivity contribution < 1.29 is 9.21 Å². The number of anilines is 1. The largest absolute Gasteiger partial charge is 0.445 e. The highest BCUT2D eigenvalue weighted by atomic mass is 32.1. The molecule has 0 fully saturated rings. The molecule has 0 radical (unpaired) electrons. The maximum Gasteiger partial charge on any atom is 0.270 e. The van der Waals surface area contributed by atoms with Gasteiger partial charge in [0.05, 0.1) is 11.9 Å². The normalized spacial score (nSPS) is 10.7. The van der Waals surface area contributed by atoms with Crippen LogP contribution in [0, 0.1) is 13.8 Å². The van der Waals surface area contributed by atoms with E-state index in [-0.39, 0.29) is 5.91 Å². The number of carbonyl (C=O) groups excluding carboxylic acids is 1. The standard InChI is InChI=1S/C19H15N5O2S/c1-11-3-4-13(19-20-7-8-26-19)9-15(11)14-5-6-16(21-10-14)22-18(25)17-12(2)23-24-27-17/h3-10H,1-2H3,(H,21,22,25). The van der Waals surface area contributed by atoms with Crippen LogP contribution in [0.5, 0.6) is 0 Å². The van der Waals surface area contributed by atoms with Gasteiger partial charge in [-0.1, -0.05) is 10.6 Å². The number of benzene rings is 1. The fourth-order valence-electron chi connectivity index (χ4n) is 2.67. The van der Waals surface area contributed by atoms with Crippen LogP contribution in [0.1, 0.15) is 20.9 Å². The van der Waals surface area contributed by atoms with Crippen molar-refractivity contribution in [3.05, 3.63) is 65.1 Å². The molecule has 0 aliphatic carbocycles. The molecule has 0 atom stereocenters. The second-order valence-corrected chi connectivity index (χ2v) is 6.69. The zero-order valence-corrected chi connectivity index (χ0v) is 15.4. The van der Waals surface area contributed by atoms with Crippen LogP contribution in [0.15, 0.2) is 53.4 Å². The van der Waals surface area contributed by atoms with Gasteiger partial charge in [-0.05, 0) is 60.8 Å². The topological polar surface area (TPSA) is 93.8 Å². The third kappa shape index (κ3) is 3.47. The highest BCUT2D eigenvalue weighted by molar-refractivity contribution is 7.08. The Hall–Kier alpha value is -3.39. The van der Waals surface area contributed by atoms with Crippen molar-refractivity contribution in [2.45, 2.75) is 13.8 Å². The van der Waals surface area contributed by atoms with Crippen molar-refractivity contribution in [2.75, 3.05) is 5.32 Å². The summed E-state index contributed by atoms with van der Waals surface area (Å²) in [5.41, 5.74) is 4.57. The molecule has 4 rings (SSSR count). The lowest BCUT2D eigenvalue weighted by Crippen LogP contribution is -2.12. The Bertz CT molecular complexity index is 1090. The van der Waals surface area contributed by atoms with Gasteiger partial charge in [-0.2, -0.15) is 0 Å². The number of aromatic nitrogens is 4. The van der Waals surface area contributed by atoms with Gasteiger partial charge in [0.2, 0.25) is 5.89 Å². The number of oxazole rings is 1. The van der Waals surface area contributed by atoms with Gasteiger partial charge in [0.25, 0.3) is 5.91 Å². The van der Waals surface area contributed by atoms with Crippen LogP contribution >= 0.6 is 11.5 Å². The Labute approximate surface area is 159 Å². The van der Waals surface area contributed by atoms with Gasteiger partial charge in [-0.3, -0.25) is 4.79 Å². The van der Waals surface area contributed by atoms with Gasteiger partial charge < -0.3 is 9.73 Å².